The minimum Gasteiger partial charge on any atom is -0.393 e. The first kappa shape index (κ1) is 23.1. The summed E-state index contributed by atoms with van der Waals surface area (Å²) in [6, 6.07) is 18.0. The van der Waals surface area contributed by atoms with Crippen molar-refractivity contribution in [3.63, 3.8) is 0 Å². The molecule has 2 heterocycles. The second-order valence-corrected chi connectivity index (χ2v) is 9.62. The zero-order valence-corrected chi connectivity index (χ0v) is 20.1. The summed E-state index contributed by atoms with van der Waals surface area (Å²) in [5.74, 6) is -0.283. The zero-order valence-electron chi connectivity index (χ0n) is 20.1. The molecule has 7 heteroatoms. The van der Waals surface area contributed by atoms with Gasteiger partial charge >= 0.3 is 0 Å². The van der Waals surface area contributed by atoms with Gasteiger partial charge in [0.05, 0.1) is 28.4 Å². The van der Waals surface area contributed by atoms with Crippen LogP contribution in [0.1, 0.15) is 61.5 Å². The van der Waals surface area contributed by atoms with Gasteiger partial charge in [-0.25, -0.2) is 9.67 Å². The van der Waals surface area contributed by atoms with Crippen LogP contribution in [-0.2, 0) is 0 Å². The van der Waals surface area contributed by atoms with Gasteiger partial charge in [0.25, 0.3) is 5.91 Å². The molecule has 1 aliphatic rings. The fourth-order valence-electron chi connectivity index (χ4n) is 4.95. The van der Waals surface area contributed by atoms with Gasteiger partial charge in [-0.05, 0) is 67.0 Å². The molecule has 0 saturated heterocycles. The topological polar surface area (TPSA) is 106 Å². The van der Waals surface area contributed by atoms with Crippen LogP contribution in [0.15, 0.2) is 60.8 Å². The number of hydrogen-bond acceptors (Lipinski definition) is 5. The summed E-state index contributed by atoms with van der Waals surface area (Å²) in [5.41, 5.74) is 11.6. The third-order valence-electron chi connectivity index (χ3n) is 6.80. The Morgan fingerprint density at radius 3 is 2.51 bits per heavy atom. The Bertz CT molecular complexity index is 1350. The number of aliphatic hydroxyl groups is 1. The van der Waals surface area contributed by atoms with Crippen molar-refractivity contribution >= 4 is 22.6 Å². The van der Waals surface area contributed by atoms with Gasteiger partial charge in [-0.2, -0.15) is 5.10 Å². The van der Waals surface area contributed by atoms with E-state index in [4.69, 9.17) is 15.8 Å². The predicted molar refractivity (Wildman–Crippen MR) is 139 cm³/mol. The standard InChI is InChI=1S/C28H31N5O2/c1-17(2)26-25-22(18-6-4-3-5-7-18)14-15-30-28(25)33(32-26)20-10-13-23(27(29)35)24(16-20)31-19-8-11-21(34)12-9-19/h3-7,10,13-17,19,21,31,34H,8-9,11-12H2,1-2H3,(H2,29,35). The summed E-state index contributed by atoms with van der Waals surface area (Å²) < 4.78 is 1.86. The van der Waals surface area contributed by atoms with Crippen LogP contribution in [0, 0.1) is 0 Å². The largest absolute Gasteiger partial charge is 0.393 e. The number of rotatable bonds is 6. The number of anilines is 1. The first-order valence-electron chi connectivity index (χ1n) is 12.2. The number of carbonyl (C=O) groups is 1. The Hall–Kier alpha value is -3.71. The molecule has 1 fully saturated rings. The average Bonchev–Trinajstić information content (AvgIpc) is 3.26. The maximum absolute atomic E-state index is 12.2. The number of fused-ring (bicyclic) bond motifs is 1. The van der Waals surface area contributed by atoms with Crippen LogP contribution in [0.4, 0.5) is 5.69 Å². The number of nitrogens with two attached hydrogens (primary N) is 1. The number of primary amides is 1. The van der Waals surface area contributed by atoms with Gasteiger partial charge in [-0.1, -0.05) is 44.2 Å². The quantitative estimate of drug-likeness (QED) is 0.367. The van der Waals surface area contributed by atoms with Crippen molar-refractivity contribution in [2.45, 2.75) is 57.6 Å². The Kier molecular flexibility index (Phi) is 6.26. The molecule has 35 heavy (non-hydrogen) atoms. The van der Waals surface area contributed by atoms with Gasteiger partial charge < -0.3 is 16.2 Å². The number of aromatic nitrogens is 3. The molecule has 0 bridgehead atoms. The van der Waals surface area contributed by atoms with E-state index in [1.54, 1.807) is 6.07 Å². The van der Waals surface area contributed by atoms with Gasteiger partial charge in [0.2, 0.25) is 0 Å². The molecule has 7 nitrogen and oxygen atoms in total. The zero-order chi connectivity index (χ0) is 24.5. The maximum atomic E-state index is 12.2. The van der Waals surface area contributed by atoms with Crippen LogP contribution in [0.2, 0.25) is 0 Å². The molecule has 4 aromatic rings. The number of hydrogen-bond donors (Lipinski definition) is 3. The third kappa shape index (κ3) is 4.51. The minimum absolute atomic E-state index is 0.176. The highest BCUT2D eigenvalue weighted by atomic mass is 16.3. The highest BCUT2D eigenvalue weighted by Crippen LogP contribution is 2.35. The van der Waals surface area contributed by atoms with E-state index in [0.29, 0.717) is 11.3 Å². The van der Waals surface area contributed by atoms with Crippen molar-refractivity contribution < 1.29 is 9.90 Å². The van der Waals surface area contributed by atoms with Gasteiger partial charge in [0.1, 0.15) is 0 Å². The van der Waals surface area contributed by atoms with Gasteiger partial charge in [-0.3, -0.25) is 4.79 Å². The molecule has 0 unspecified atom stereocenters. The number of benzene rings is 2. The molecule has 4 N–H and O–H groups in total. The Morgan fingerprint density at radius 2 is 1.83 bits per heavy atom. The second-order valence-electron chi connectivity index (χ2n) is 9.62. The maximum Gasteiger partial charge on any atom is 0.250 e. The van der Waals surface area contributed by atoms with E-state index in [0.717, 1.165) is 59.2 Å². The molecular weight excluding hydrogens is 438 g/mol. The Labute approximate surface area is 205 Å². The van der Waals surface area contributed by atoms with Crippen LogP contribution in [0.5, 0.6) is 0 Å². The predicted octanol–water partition coefficient (Wildman–Crippen LogP) is 5.03. The van der Waals surface area contributed by atoms with Gasteiger partial charge in [-0.15, -0.1) is 0 Å². The van der Waals surface area contributed by atoms with E-state index >= 15 is 0 Å². The number of amides is 1. The van der Waals surface area contributed by atoms with E-state index in [-0.39, 0.29) is 18.1 Å². The Balaban J connectivity index is 1.63. The monoisotopic (exact) mass is 469 g/mol. The molecule has 0 radical (unpaired) electrons. The van der Waals surface area contributed by atoms with Crippen LogP contribution < -0.4 is 11.1 Å². The lowest BCUT2D eigenvalue weighted by Crippen LogP contribution is -2.29. The first-order chi connectivity index (χ1) is 16.9. The molecule has 2 aromatic heterocycles. The molecule has 1 saturated carbocycles. The van der Waals surface area contributed by atoms with Crippen LogP contribution in [-0.4, -0.2) is 37.9 Å². The van der Waals surface area contributed by atoms with E-state index in [1.807, 2.05) is 47.3 Å². The second kappa shape index (κ2) is 9.50. The number of nitrogens with one attached hydrogen (secondary N) is 1. The Morgan fingerprint density at radius 1 is 1.09 bits per heavy atom. The molecular formula is C28H31N5O2. The summed E-state index contributed by atoms with van der Waals surface area (Å²) in [7, 11) is 0. The lowest BCUT2D eigenvalue weighted by Gasteiger charge is -2.27. The normalized spacial score (nSPS) is 18.2. The summed E-state index contributed by atoms with van der Waals surface area (Å²) in [6.45, 7) is 4.27. The smallest absolute Gasteiger partial charge is 0.250 e. The molecule has 1 amide bonds. The molecule has 0 atom stereocenters. The van der Waals surface area contributed by atoms with Crippen molar-refractivity contribution in [1.82, 2.24) is 14.8 Å². The highest BCUT2D eigenvalue weighted by molar-refractivity contribution is 5.99. The van der Waals surface area contributed by atoms with Crippen LogP contribution >= 0.6 is 0 Å². The molecule has 180 valence electrons. The molecule has 1 aliphatic carbocycles. The molecule has 2 aromatic carbocycles. The molecule has 0 spiro atoms. The number of pyridine rings is 1. The number of nitrogens with zero attached hydrogens (tertiary/aromatic N) is 3. The minimum atomic E-state index is -0.479. The molecule has 0 aliphatic heterocycles. The summed E-state index contributed by atoms with van der Waals surface area (Å²) >= 11 is 0. The fraction of sp³-hybridized carbons (Fsp3) is 0.321. The van der Waals surface area contributed by atoms with E-state index in [1.165, 1.54) is 0 Å². The van der Waals surface area contributed by atoms with Crippen molar-refractivity contribution in [2.75, 3.05) is 5.32 Å². The average molecular weight is 470 g/mol. The lowest BCUT2D eigenvalue weighted by atomic mass is 9.92. The number of carbonyl (C=O) groups excluding carboxylic acids is 1. The van der Waals surface area contributed by atoms with E-state index in [9.17, 15) is 9.90 Å². The van der Waals surface area contributed by atoms with E-state index in [2.05, 4.69) is 31.3 Å². The first-order valence-corrected chi connectivity index (χ1v) is 12.2. The van der Waals surface area contributed by atoms with Gasteiger partial charge in [0.15, 0.2) is 5.65 Å². The fourth-order valence-corrected chi connectivity index (χ4v) is 4.95. The lowest BCUT2D eigenvalue weighted by molar-refractivity contribution is 0.100. The van der Waals surface area contributed by atoms with Crippen molar-refractivity contribution in [2.24, 2.45) is 5.73 Å². The third-order valence-corrected chi connectivity index (χ3v) is 6.80. The number of aliphatic hydroxyl groups excluding tert-OH is 1. The van der Waals surface area contributed by atoms with E-state index < -0.39 is 5.91 Å². The SMILES string of the molecule is CC(C)c1nn(-c2ccc(C(N)=O)c(NC3CCC(O)CC3)c2)c2nccc(-c3ccccc3)c12. The summed E-state index contributed by atoms with van der Waals surface area (Å²) in [4.78, 5) is 16.9. The van der Waals surface area contributed by atoms with Gasteiger partial charge in [0, 0.05) is 17.9 Å². The molecule has 5 rings (SSSR count). The van der Waals surface area contributed by atoms with Crippen molar-refractivity contribution in [3.05, 3.63) is 72.1 Å². The summed E-state index contributed by atoms with van der Waals surface area (Å²) in [6.07, 6.45) is 4.75. The van der Waals surface area contributed by atoms with Crippen molar-refractivity contribution in [3.8, 4) is 16.8 Å². The van der Waals surface area contributed by atoms with Crippen molar-refractivity contribution in [1.29, 1.82) is 0 Å². The van der Waals surface area contributed by atoms with Crippen LogP contribution in [0.3, 0.4) is 0 Å². The highest BCUT2D eigenvalue weighted by Gasteiger charge is 2.23. The van der Waals surface area contributed by atoms with Crippen LogP contribution in [0.25, 0.3) is 27.8 Å². The summed E-state index contributed by atoms with van der Waals surface area (Å²) in [5, 5.41) is 19.4.